The summed E-state index contributed by atoms with van der Waals surface area (Å²) in [5, 5.41) is 8.81. The fourth-order valence-electron chi connectivity index (χ4n) is 2.78. The van der Waals surface area contributed by atoms with Gasteiger partial charge in [-0.05, 0) is 31.9 Å². The molecule has 0 amide bonds. The van der Waals surface area contributed by atoms with Crippen LogP contribution < -0.4 is 4.90 Å². The van der Waals surface area contributed by atoms with Crippen molar-refractivity contribution in [1.82, 2.24) is 0 Å². The van der Waals surface area contributed by atoms with Gasteiger partial charge in [-0.3, -0.25) is 4.79 Å². The van der Waals surface area contributed by atoms with Crippen molar-refractivity contribution >= 4 is 11.7 Å². The first-order valence-electron chi connectivity index (χ1n) is 7.29. The SMILES string of the molecule is CC(C1CCOC1)N(CCCC(=O)O)c1ccccc1. The van der Waals surface area contributed by atoms with Crippen LogP contribution in [0, 0.1) is 5.92 Å². The van der Waals surface area contributed by atoms with E-state index < -0.39 is 5.97 Å². The number of aliphatic carboxylic acids is 1. The molecule has 1 aromatic rings. The van der Waals surface area contributed by atoms with E-state index in [1.807, 2.05) is 18.2 Å². The number of anilines is 1. The number of rotatable bonds is 7. The molecule has 20 heavy (non-hydrogen) atoms. The molecule has 0 saturated carbocycles. The van der Waals surface area contributed by atoms with Gasteiger partial charge < -0.3 is 14.7 Å². The van der Waals surface area contributed by atoms with Crippen molar-refractivity contribution in [2.45, 2.75) is 32.2 Å². The smallest absolute Gasteiger partial charge is 0.303 e. The van der Waals surface area contributed by atoms with Crippen LogP contribution in [0.15, 0.2) is 30.3 Å². The first kappa shape index (κ1) is 14.9. The van der Waals surface area contributed by atoms with Crippen molar-refractivity contribution in [3.8, 4) is 0 Å². The summed E-state index contributed by atoms with van der Waals surface area (Å²) in [5.41, 5.74) is 1.16. The van der Waals surface area contributed by atoms with Crippen molar-refractivity contribution in [3.63, 3.8) is 0 Å². The minimum Gasteiger partial charge on any atom is -0.481 e. The van der Waals surface area contributed by atoms with Gasteiger partial charge in [-0.1, -0.05) is 18.2 Å². The summed E-state index contributed by atoms with van der Waals surface area (Å²) in [6, 6.07) is 10.6. The number of benzene rings is 1. The lowest BCUT2D eigenvalue weighted by atomic mass is 9.98. The zero-order chi connectivity index (χ0) is 14.4. The Bertz CT molecular complexity index is 415. The van der Waals surface area contributed by atoms with E-state index in [1.165, 1.54) is 0 Å². The molecule has 2 unspecified atom stereocenters. The average molecular weight is 277 g/mol. The second-order valence-electron chi connectivity index (χ2n) is 5.39. The minimum absolute atomic E-state index is 0.219. The molecule has 2 rings (SSSR count). The number of carboxylic acid groups (broad SMARTS) is 1. The van der Waals surface area contributed by atoms with Gasteiger partial charge in [0.1, 0.15) is 0 Å². The van der Waals surface area contributed by atoms with Gasteiger partial charge in [0.25, 0.3) is 0 Å². The Kier molecular flexibility index (Phi) is 5.41. The van der Waals surface area contributed by atoms with E-state index in [1.54, 1.807) is 0 Å². The fraction of sp³-hybridized carbons (Fsp3) is 0.562. The van der Waals surface area contributed by atoms with E-state index in [0.29, 0.717) is 18.4 Å². The molecule has 0 aromatic heterocycles. The first-order valence-corrected chi connectivity index (χ1v) is 7.29. The Morgan fingerprint density at radius 1 is 1.45 bits per heavy atom. The molecule has 1 saturated heterocycles. The molecule has 0 radical (unpaired) electrons. The molecule has 4 nitrogen and oxygen atoms in total. The molecule has 0 aliphatic carbocycles. The van der Waals surface area contributed by atoms with Gasteiger partial charge in [-0.15, -0.1) is 0 Å². The van der Waals surface area contributed by atoms with Crippen molar-refractivity contribution < 1.29 is 14.6 Å². The molecule has 1 aliphatic heterocycles. The van der Waals surface area contributed by atoms with E-state index in [9.17, 15) is 4.79 Å². The summed E-state index contributed by atoms with van der Waals surface area (Å²) in [6.07, 6.45) is 1.97. The quantitative estimate of drug-likeness (QED) is 0.832. The van der Waals surface area contributed by atoms with Crippen LogP contribution in [0.1, 0.15) is 26.2 Å². The summed E-state index contributed by atoms with van der Waals surface area (Å²) in [4.78, 5) is 13.0. The van der Waals surface area contributed by atoms with Gasteiger partial charge in [0, 0.05) is 37.2 Å². The van der Waals surface area contributed by atoms with Crippen molar-refractivity contribution in [2.24, 2.45) is 5.92 Å². The topological polar surface area (TPSA) is 49.8 Å². The highest BCUT2D eigenvalue weighted by atomic mass is 16.5. The number of hydrogen-bond acceptors (Lipinski definition) is 3. The normalized spacial score (nSPS) is 19.8. The number of carboxylic acids is 1. The molecule has 1 N–H and O–H groups in total. The molecule has 4 heteroatoms. The zero-order valence-corrected chi connectivity index (χ0v) is 12.0. The Balaban J connectivity index is 2.04. The molecule has 0 bridgehead atoms. The Hall–Kier alpha value is -1.55. The second kappa shape index (κ2) is 7.29. The number of ether oxygens (including phenoxy) is 1. The molecule has 1 aliphatic rings. The lowest BCUT2D eigenvalue weighted by molar-refractivity contribution is -0.137. The van der Waals surface area contributed by atoms with Crippen LogP contribution >= 0.6 is 0 Å². The summed E-state index contributed by atoms with van der Waals surface area (Å²) in [7, 11) is 0. The predicted octanol–water partition coefficient (Wildman–Crippen LogP) is 2.78. The third kappa shape index (κ3) is 3.97. The summed E-state index contributed by atoms with van der Waals surface area (Å²) in [6.45, 7) is 4.64. The lowest BCUT2D eigenvalue weighted by Gasteiger charge is -2.34. The summed E-state index contributed by atoms with van der Waals surface area (Å²) < 4.78 is 5.49. The third-order valence-electron chi connectivity index (χ3n) is 4.02. The van der Waals surface area contributed by atoms with Crippen molar-refractivity contribution in [2.75, 3.05) is 24.7 Å². The Morgan fingerprint density at radius 3 is 2.80 bits per heavy atom. The van der Waals surface area contributed by atoms with E-state index in [4.69, 9.17) is 9.84 Å². The van der Waals surface area contributed by atoms with E-state index in [-0.39, 0.29) is 6.42 Å². The molecule has 110 valence electrons. The van der Waals surface area contributed by atoms with E-state index in [0.717, 1.165) is 31.9 Å². The van der Waals surface area contributed by atoms with Gasteiger partial charge in [0.2, 0.25) is 0 Å². The molecule has 1 heterocycles. The monoisotopic (exact) mass is 277 g/mol. The third-order valence-corrected chi connectivity index (χ3v) is 4.02. The van der Waals surface area contributed by atoms with Gasteiger partial charge in [-0.2, -0.15) is 0 Å². The van der Waals surface area contributed by atoms with Crippen LogP contribution in [-0.2, 0) is 9.53 Å². The van der Waals surface area contributed by atoms with Crippen molar-refractivity contribution in [1.29, 1.82) is 0 Å². The number of para-hydroxylation sites is 1. The molecular weight excluding hydrogens is 254 g/mol. The van der Waals surface area contributed by atoms with Crippen LogP contribution in [-0.4, -0.2) is 36.9 Å². The highest BCUT2D eigenvalue weighted by Crippen LogP contribution is 2.26. The van der Waals surface area contributed by atoms with E-state index >= 15 is 0 Å². The van der Waals surface area contributed by atoms with E-state index in [2.05, 4.69) is 24.0 Å². The maximum Gasteiger partial charge on any atom is 0.303 e. The first-order chi connectivity index (χ1) is 9.68. The maximum atomic E-state index is 10.7. The largest absolute Gasteiger partial charge is 0.481 e. The average Bonchev–Trinajstić information content (AvgIpc) is 2.98. The second-order valence-corrected chi connectivity index (χ2v) is 5.39. The highest BCUT2D eigenvalue weighted by molar-refractivity contribution is 5.66. The van der Waals surface area contributed by atoms with Crippen LogP contribution in [0.5, 0.6) is 0 Å². The molecular formula is C16H23NO3. The van der Waals surface area contributed by atoms with Gasteiger partial charge >= 0.3 is 5.97 Å². The van der Waals surface area contributed by atoms with Crippen LogP contribution in [0.25, 0.3) is 0 Å². The van der Waals surface area contributed by atoms with Gasteiger partial charge in [0.05, 0.1) is 6.61 Å². The van der Waals surface area contributed by atoms with Gasteiger partial charge in [0.15, 0.2) is 0 Å². The summed E-state index contributed by atoms with van der Waals surface area (Å²) >= 11 is 0. The highest BCUT2D eigenvalue weighted by Gasteiger charge is 2.27. The number of nitrogens with zero attached hydrogens (tertiary/aromatic N) is 1. The predicted molar refractivity (Wildman–Crippen MR) is 79.0 cm³/mol. The van der Waals surface area contributed by atoms with Crippen LogP contribution in [0.2, 0.25) is 0 Å². The fourth-order valence-corrected chi connectivity index (χ4v) is 2.78. The van der Waals surface area contributed by atoms with Crippen molar-refractivity contribution in [3.05, 3.63) is 30.3 Å². The molecule has 0 spiro atoms. The standard InChI is InChI=1S/C16H23NO3/c1-13(14-9-11-20-12-14)17(10-5-8-16(18)19)15-6-3-2-4-7-15/h2-4,6-7,13-14H,5,8-12H2,1H3,(H,18,19). The van der Waals surface area contributed by atoms with Crippen LogP contribution in [0.3, 0.4) is 0 Å². The lowest BCUT2D eigenvalue weighted by Crippen LogP contribution is -2.39. The Labute approximate surface area is 120 Å². The molecule has 2 atom stereocenters. The van der Waals surface area contributed by atoms with Crippen LogP contribution in [0.4, 0.5) is 5.69 Å². The maximum absolute atomic E-state index is 10.7. The van der Waals surface area contributed by atoms with Gasteiger partial charge in [-0.25, -0.2) is 0 Å². The summed E-state index contributed by atoms with van der Waals surface area (Å²) in [5.74, 6) is -0.199. The minimum atomic E-state index is -0.727. The number of carbonyl (C=O) groups is 1. The number of hydrogen-bond donors (Lipinski definition) is 1. The molecule has 1 aromatic carbocycles. The zero-order valence-electron chi connectivity index (χ0n) is 12.0. The molecule has 1 fully saturated rings. The Morgan fingerprint density at radius 2 is 2.20 bits per heavy atom.